The highest BCUT2D eigenvalue weighted by molar-refractivity contribution is 5.30. The van der Waals surface area contributed by atoms with Crippen molar-refractivity contribution in [2.75, 3.05) is 7.05 Å². The standard InChI is InChI=1S/C15H22FNO/c1-11-7-6-10-14(15(11)16)18-13-9-5-3-4-8-12(13)17-2/h6-7,10,12-13,17H,3-5,8-9H2,1-2H3. The summed E-state index contributed by atoms with van der Waals surface area (Å²) in [5, 5.41) is 3.30. The second-order valence-corrected chi connectivity index (χ2v) is 5.08. The van der Waals surface area contributed by atoms with Crippen LogP contribution in [-0.2, 0) is 0 Å². The van der Waals surface area contributed by atoms with E-state index in [9.17, 15) is 4.39 Å². The fourth-order valence-electron chi connectivity index (χ4n) is 2.62. The predicted octanol–water partition coefficient (Wildman–Crippen LogP) is 3.43. The first-order valence-corrected chi connectivity index (χ1v) is 6.81. The van der Waals surface area contributed by atoms with Crippen molar-refractivity contribution in [2.45, 2.75) is 51.2 Å². The molecule has 2 unspecified atom stereocenters. The molecule has 0 radical (unpaired) electrons. The molecule has 1 saturated carbocycles. The number of rotatable bonds is 3. The highest BCUT2D eigenvalue weighted by atomic mass is 19.1. The van der Waals surface area contributed by atoms with Crippen LogP contribution in [0.15, 0.2) is 18.2 Å². The maximum absolute atomic E-state index is 13.9. The van der Waals surface area contributed by atoms with Gasteiger partial charge in [0.05, 0.1) is 0 Å². The van der Waals surface area contributed by atoms with E-state index < -0.39 is 0 Å². The van der Waals surface area contributed by atoms with E-state index in [2.05, 4.69) is 5.32 Å². The Balaban J connectivity index is 2.12. The molecule has 2 nitrogen and oxygen atoms in total. The molecule has 1 aromatic carbocycles. The molecule has 2 rings (SSSR count). The molecule has 1 aromatic rings. The molecule has 1 aliphatic carbocycles. The van der Waals surface area contributed by atoms with Crippen LogP contribution in [0.25, 0.3) is 0 Å². The Morgan fingerprint density at radius 2 is 2.00 bits per heavy atom. The molecule has 0 saturated heterocycles. The van der Waals surface area contributed by atoms with Gasteiger partial charge in [-0.15, -0.1) is 0 Å². The second-order valence-electron chi connectivity index (χ2n) is 5.08. The number of aryl methyl sites for hydroxylation is 1. The topological polar surface area (TPSA) is 21.3 Å². The summed E-state index contributed by atoms with van der Waals surface area (Å²) in [4.78, 5) is 0. The first kappa shape index (κ1) is 13.3. The molecule has 0 bridgehead atoms. The Morgan fingerprint density at radius 3 is 2.78 bits per heavy atom. The Kier molecular flexibility index (Phi) is 4.59. The Morgan fingerprint density at radius 1 is 1.22 bits per heavy atom. The van der Waals surface area contributed by atoms with Gasteiger partial charge in [0.25, 0.3) is 0 Å². The van der Waals surface area contributed by atoms with Crippen LogP contribution in [0, 0.1) is 12.7 Å². The number of halogens is 1. The molecule has 2 atom stereocenters. The van der Waals surface area contributed by atoms with Gasteiger partial charge in [0.15, 0.2) is 11.6 Å². The van der Waals surface area contributed by atoms with Crippen LogP contribution < -0.4 is 10.1 Å². The van der Waals surface area contributed by atoms with Crippen LogP contribution in [0.2, 0.25) is 0 Å². The van der Waals surface area contributed by atoms with E-state index in [-0.39, 0.29) is 11.9 Å². The summed E-state index contributed by atoms with van der Waals surface area (Å²) in [5.74, 6) is 0.166. The third-order valence-electron chi connectivity index (χ3n) is 3.76. The summed E-state index contributed by atoms with van der Waals surface area (Å²) in [6.45, 7) is 1.77. The Bertz CT molecular complexity index is 394. The molecule has 18 heavy (non-hydrogen) atoms. The lowest BCUT2D eigenvalue weighted by Gasteiger charge is -2.26. The van der Waals surface area contributed by atoms with Gasteiger partial charge in [0, 0.05) is 6.04 Å². The number of benzene rings is 1. The van der Waals surface area contributed by atoms with Gasteiger partial charge in [-0.3, -0.25) is 0 Å². The summed E-state index contributed by atoms with van der Waals surface area (Å²) >= 11 is 0. The monoisotopic (exact) mass is 251 g/mol. The molecule has 100 valence electrons. The van der Waals surface area contributed by atoms with Crippen LogP contribution in [0.5, 0.6) is 5.75 Å². The van der Waals surface area contributed by atoms with E-state index in [1.54, 1.807) is 19.1 Å². The first-order valence-electron chi connectivity index (χ1n) is 6.81. The first-order chi connectivity index (χ1) is 8.72. The highest BCUT2D eigenvalue weighted by Gasteiger charge is 2.24. The van der Waals surface area contributed by atoms with Crippen LogP contribution in [-0.4, -0.2) is 19.2 Å². The van der Waals surface area contributed by atoms with Gasteiger partial charge in [-0.2, -0.15) is 0 Å². The number of nitrogens with one attached hydrogen (secondary N) is 1. The number of hydrogen-bond acceptors (Lipinski definition) is 2. The van der Waals surface area contributed by atoms with E-state index in [0.29, 0.717) is 17.4 Å². The zero-order valence-electron chi connectivity index (χ0n) is 11.2. The molecule has 0 amide bonds. The van der Waals surface area contributed by atoms with Gasteiger partial charge in [-0.05, 0) is 44.9 Å². The molecule has 0 heterocycles. The predicted molar refractivity (Wildman–Crippen MR) is 71.5 cm³/mol. The van der Waals surface area contributed by atoms with Crippen LogP contribution >= 0.6 is 0 Å². The van der Waals surface area contributed by atoms with Gasteiger partial charge < -0.3 is 10.1 Å². The molecular weight excluding hydrogens is 229 g/mol. The SMILES string of the molecule is CNC1CCCCCC1Oc1cccc(C)c1F. The lowest BCUT2D eigenvalue weighted by molar-refractivity contribution is 0.142. The van der Waals surface area contributed by atoms with Crippen LogP contribution in [0.1, 0.15) is 37.7 Å². The van der Waals surface area contributed by atoms with E-state index in [1.165, 1.54) is 12.8 Å². The van der Waals surface area contributed by atoms with Crippen LogP contribution in [0.3, 0.4) is 0 Å². The zero-order valence-corrected chi connectivity index (χ0v) is 11.2. The minimum atomic E-state index is -0.225. The average Bonchev–Trinajstić information content (AvgIpc) is 2.60. The lowest BCUT2D eigenvalue weighted by Crippen LogP contribution is -2.40. The quantitative estimate of drug-likeness (QED) is 0.831. The van der Waals surface area contributed by atoms with E-state index in [0.717, 1.165) is 19.3 Å². The number of ether oxygens (including phenoxy) is 1. The molecule has 1 N–H and O–H groups in total. The van der Waals surface area contributed by atoms with Crippen molar-refractivity contribution in [2.24, 2.45) is 0 Å². The fraction of sp³-hybridized carbons (Fsp3) is 0.600. The van der Waals surface area contributed by atoms with Crippen molar-refractivity contribution in [3.8, 4) is 5.75 Å². The summed E-state index contributed by atoms with van der Waals surface area (Å²) in [7, 11) is 1.96. The molecule has 0 spiro atoms. The van der Waals surface area contributed by atoms with Crippen molar-refractivity contribution in [3.05, 3.63) is 29.6 Å². The minimum Gasteiger partial charge on any atom is -0.486 e. The fourth-order valence-corrected chi connectivity index (χ4v) is 2.62. The zero-order chi connectivity index (χ0) is 13.0. The Hall–Kier alpha value is -1.09. The maximum Gasteiger partial charge on any atom is 0.167 e. The second kappa shape index (κ2) is 6.19. The third-order valence-corrected chi connectivity index (χ3v) is 3.76. The third kappa shape index (κ3) is 3.02. The maximum atomic E-state index is 13.9. The van der Waals surface area contributed by atoms with Crippen molar-refractivity contribution in [3.63, 3.8) is 0 Å². The van der Waals surface area contributed by atoms with Gasteiger partial charge in [0.2, 0.25) is 0 Å². The summed E-state index contributed by atoms with van der Waals surface area (Å²) in [6, 6.07) is 5.66. The van der Waals surface area contributed by atoms with E-state index in [1.807, 2.05) is 13.1 Å². The van der Waals surface area contributed by atoms with Crippen molar-refractivity contribution >= 4 is 0 Å². The van der Waals surface area contributed by atoms with E-state index >= 15 is 0 Å². The lowest BCUT2D eigenvalue weighted by atomic mass is 10.1. The molecule has 1 fully saturated rings. The number of likely N-dealkylation sites (N-methyl/N-ethyl adjacent to an activating group) is 1. The molecule has 0 aromatic heterocycles. The Labute approximate surface area is 109 Å². The molecule has 3 heteroatoms. The summed E-state index contributed by atoms with van der Waals surface area (Å²) < 4.78 is 19.9. The highest BCUT2D eigenvalue weighted by Crippen LogP contribution is 2.26. The van der Waals surface area contributed by atoms with Gasteiger partial charge in [-0.25, -0.2) is 4.39 Å². The average molecular weight is 251 g/mol. The molecular formula is C15H22FNO. The number of hydrogen-bond donors (Lipinski definition) is 1. The van der Waals surface area contributed by atoms with Gasteiger partial charge in [-0.1, -0.05) is 25.0 Å². The van der Waals surface area contributed by atoms with Crippen LogP contribution in [0.4, 0.5) is 4.39 Å². The smallest absolute Gasteiger partial charge is 0.167 e. The minimum absolute atomic E-state index is 0.0776. The summed E-state index contributed by atoms with van der Waals surface area (Å²) in [6.07, 6.45) is 5.81. The van der Waals surface area contributed by atoms with Crippen molar-refractivity contribution in [1.29, 1.82) is 0 Å². The largest absolute Gasteiger partial charge is 0.486 e. The van der Waals surface area contributed by atoms with Gasteiger partial charge in [0.1, 0.15) is 6.10 Å². The molecule has 1 aliphatic rings. The summed E-state index contributed by atoms with van der Waals surface area (Å²) in [5.41, 5.74) is 0.641. The normalized spacial score (nSPS) is 24.6. The van der Waals surface area contributed by atoms with E-state index in [4.69, 9.17) is 4.74 Å². The van der Waals surface area contributed by atoms with Crippen molar-refractivity contribution < 1.29 is 9.13 Å². The van der Waals surface area contributed by atoms with Crippen molar-refractivity contribution in [1.82, 2.24) is 5.32 Å². The molecule has 0 aliphatic heterocycles. The van der Waals surface area contributed by atoms with Gasteiger partial charge >= 0.3 is 0 Å².